The van der Waals surface area contributed by atoms with Crippen LogP contribution in [0.25, 0.3) is 11.1 Å². The lowest BCUT2D eigenvalue weighted by Crippen LogP contribution is -1.99. The van der Waals surface area contributed by atoms with Gasteiger partial charge in [-0.25, -0.2) is 4.39 Å². The zero-order valence-corrected chi connectivity index (χ0v) is 11.5. The van der Waals surface area contributed by atoms with E-state index >= 15 is 0 Å². The van der Waals surface area contributed by atoms with Crippen LogP contribution in [0.3, 0.4) is 0 Å². The van der Waals surface area contributed by atoms with Gasteiger partial charge in [0.15, 0.2) is 5.82 Å². The molecule has 20 heavy (non-hydrogen) atoms. The molecule has 2 aromatic heterocycles. The molecule has 0 amide bonds. The Labute approximate surface area is 120 Å². The first-order chi connectivity index (χ1) is 9.83. The van der Waals surface area contributed by atoms with Crippen molar-refractivity contribution in [1.82, 2.24) is 4.98 Å². The summed E-state index contributed by atoms with van der Waals surface area (Å²) in [6.45, 7) is 0.610. The predicted molar refractivity (Wildman–Crippen MR) is 81.3 cm³/mol. The van der Waals surface area contributed by atoms with Crippen LogP contribution in [0.15, 0.2) is 60.2 Å². The maximum Gasteiger partial charge on any atom is 0.164 e. The molecular formula is C16H13FN2S. The summed E-state index contributed by atoms with van der Waals surface area (Å²) in [5.41, 5.74) is 2.88. The van der Waals surface area contributed by atoms with Gasteiger partial charge in [-0.2, -0.15) is 0 Å². The van der Waals surface area contributed by atoms with Crippen LogP contribution in [-0.4, -0.2) is 4.98 Å². The number of nitrogens with zero attached hydrogens (tertiary/aromatic N) is 1. The Balaban J connectivity index is 1.71. The predicted octanol–water partition coefficient (Wildman–Crippen LogP) is 4.56. The van der Waals surface area contributed by atoms with Gasteiger partial charge in [0, 0.05) is 17.6 Å². The third-order valence-electron chi connectivity index (χ3n) is 2.99. The number of anilines is 1. The molecule has 2 nitrogen and oxygen atoms in total. The molecule has 3 aromatic rings. The number of aromatic nitrogens is 1. The highest BCUT2D eigenvalue weighted by atomic mass is 32.1. The first kappa shape index (κ1) is 12.8. The molecule has 1 aromatic carbocycles. The lowest BCUT2D eigenvalue weighted by Gasteiger charge is -2.04. The Morgan fingerprint density at radius 3 is 2.75 bits per heavy atom. The fourth-order valence-corrected chi connectivity index (χ4v) is 2.79. The molecule has 0 fully saturated rings. The Hall–Kier alpha value is -2.20. The summed E-state index contributed by atoms with van der Waals surface area (Å²) in [4.78, 5) is 4.90. The molecule has 1 N–H and O–H groups in total. The average Bonchev–Trinajstić information content (AvgIpc) is 2.96. The topological polar surface area (TPSA) is 24.9 Å². The molecule has 0 spiro atoms. The summed E-state index contributed by atoms with van der Waals surface area (Å²) in [6.07, 6.45) is 2.79. The number of hydrogen-bond donors (Lipinski definition) is 1. The zero-order chi connectivity index (χ0) is 13.8. The number of hydrogen-bond acceptors (Lipinski definition) is 3. The molecule has 0 unspecified atom stereocenters. The number of pyridine rings is 1. The standard InChI is InChI=1S/C16H13FN2S/c17-15-10-18-7-6-16(15)19-9-14-8-13(11-20-14)12-4-2-1-3-5-12/h1-8,10-11H,9H2,(H,18,19). The Bertz CT molecular complexity index is 694. The van der Waals surface area contributed by atoms with Crippen LogP contribution in [-0.2, 0) is 6.54 Å². The molecular weight excluding hydrogens is 271 g/mol. The summed E-state index contributed by atoms with van der Waals surface area (Å²) in [7, 11) is 0. The van der Waals surface area contributed by atoms with Gasteiger partial charge in [0.25, 0.3) is 0 Å². The molecule has 100 valence electrons. The van der Waals surface area contributed by atoms with Crippen LogP contribution in [0.1, 0.15) is 4.88 Å². The fraction of sp³-hybridized carbons (Fsp3) is 0.0625. The molecule has 0 aliphatic rings. The van der Waals surface area contributed by atoms with Gasteiger partial charge >= 0.3 is 0 Å². The quantitative estimate of drug-likeness (QED) is 0.759. The zero-order valence-electron chi connectivity index (χ0n) is 10.7. The highest BCUT2D eigenvalue weighted by Crippen LogP contribution is 2.26. The van der Waals surface area contributed by atoms with E-state index in [-0.39, 0.29) is 5.82 Å². The van der Waals surface area contributed by atoms with Crippen molar-refractivity contribution in [2.45, 2.75) is 6.54 Å². The summed E-state index contributed by atoms with van der Waals surface area (Å²) in [6, 6.07) is 14.0. The summed E-state index contributed by atoms with van der Waals surface area (Å²) < 4.78 is 13.4. The van der Waals surface area contributed by atoms with Crippen molar-refractivity contribution >= 4 is 17.0 Å². The normalized spacial score (nSPS) is 10.4. The lowest BCUT2D eigenvalue weighted by molar-refractivity contribution is 0.624. The van der Waals surface area contributed by atoms with Gasteiger partial charge in [-0.05, 0) is 28.6 Å². The first-order valence-corrected chi connectivity index (χ1v) is 7.17. The van der Waals surface area contributed by atoms with Crippen LogP contribution < -0.4 is 5.32 Å². The fourth-order valence-electron chi connectivity index (χ4n) is 1.96. The maximum atomic E-state index is 13.4. The molecule has 3 rings (SSSR count). The second-order valence-electron chi connectivity index (χ2n) is 4.38. The van der Waals surface area contributed by atoms with Crippen LogP contribution in [0.5, 0.6) is 0 Å². The van der Waals surface area contributed by atoms with Crippen LogP contribution >= 0.6 is 11.3 Å². The lowest BCUT2D eigenvalue weighted by atomic mass is 10.1. The summed E-state index contributed by atoms with van der Waals surface area (Å²) in [5, 5.41) is 5.21. The van der Waals surface area contributed by atoms with E-state index in [1.807, 2.05) is 18.2 Å². The van der Waals surface area contributed by atoms with E-state index in [9.17, 15) is 4.39 Å². The minimum atomic E-state index is -0.327. The van der Waals surface area contributed by atoms with Crippen molar-refractivity contribution in [2.75, 3.05) is 5.32 Å². The monoisotopic (exact) mass is 284 g/mol. The number of benzene rings is 1. The van der Waals surface area contributed by atoms with E-state index in [4.69, 9.17) is 0 Å². The first-order valence-electron chi connectivity index (χ1n) is 6.29. The third-order valence-corrected chi connectivity index (χ3v) is 3.92. The van der Waals surface area contributed by atoms with Crippen molar-refractivity contribution in [2.24, 2.45) is 0 Å². The van der Waals surface area contributed by atoms with Crippen molar-refractivity contribution in [1.29, 1.82) is 0 Å². The molecule has 4 heteroatoms. The second kappa shape index (κ2) is 5.84. The SMILES string of the molecule is Fc1cnccc1NCc1cc(-c2ccccc2)cs1. The van der Waals surface area contributed by atoms with Gasteiger partial charge in [0.1, 0.15) is 0 Å². The molecule has 0 atom stereocenters. The molecule has 0 radical (unpaired) electrons. The van der Waals surface area contributed by atoms with Gasteiger partial charge in [-0.3, -0.25) is 4.98 Å². The summed E-state index contributed by atoms with van der Waals surface area (Å²) >= 11 is 1.67. The Morgan fingerprint density at radius 2 is 1.95 bits per heavy atom. The maximum absolute atomic E-state index is 13.4. The summed E-state index contributed by atoms with van der Waals surface area (Å²) in [5.74, 6) is -0.327. The highest BCUT2D eigenvalue weighted by Gasteiger charge is 2.04. The minimum absolute atomic E-state index is 0.327. The third kappa shape index (κ3) is 2.86. The van der Waals surface area contributed by atoms with E-state index < -0.39 is 0 Å². The van der Waals surface area contributed by atoms with Gasteiger partial charge < -0.3 is 5.32 Å². The molecule has 2 heterocycles. The molecule has 0 aliphatic carbocycles. The molecule has 0 saturated heterocycles. The molecule has 0 aliphatic heterocycles. The van der Waals surface area contributed by atoms with Gasteiger partial charge in [-0.15, -0.1) is 11.3 Å². The van der Waals surface area contributed by atoms with Crippen molar-refractivity contribution in [3.05, 3.63) is 70.9 Å². The molecule has 0 saturated carbocycles. The molecule has 0 bridgehead atoms. The van der Waals surface area contributed by atoms with E-state index in [0.717, 1.165) is 0 Å². The second-order valence-corrected chi connectivity index (χ2v) is 5.37. The smallest absolute Gasteiger partial charge is 0.164 e. The number of nitrogens with one attached hydrogen (secondary N) is 1. The van der Waals surface area contributed by atoms with Crippen molar-refractivity contribution in [3.8, 4) is 11.1 Å². The van der Waals surface area contributed by atoms with Gasteiger partial charge in [0.2, 0.25) is 0 Å². The van der Waals surface area contributed by atoms with Crippen LogP contribution in [0, 0.1) is 5.82 Å². The van der Waals surface area contributed by atoms with Crippen LogP contribution in [0.4, 0.5) is 10.1 Å². The van der Waals surface area contributed by atoms with E-state index in [1.165, 1.54) is 22.2 Å². The van der Waals surface area contributed by atoms with E-state index in [1.54, 1.807) is 23.6 Å². The highest BCUT2D eigenvalue weighted by molar-refractivity contribution is 7.10. The Kier molecular flexibility index (Phi) is 3.74. The largest absolute Gasteiger partial charge is 0.378 e. The van der Waals surface area contributed by atoms with Gasteiger partial charge in [-0.1, -0.05) is 30.3 Å². The van der Waals surface area contributed by atoms with Gasteiger partial charge in [0.05, 0.1) is 11.9 Å². The minimum Gasteiger partial charge on any atom is -0.378 e. The van der Waals surface area contributed by atoms with Crippen molar-refractivity contribution in [3.63, 3.8) is 0 Å². The number of rotatable bonds is 4. The Morgan fingerprint density at radius 1 is 1.10 bits per heavy atom. The average molecular weight is 284 g/mol. The number of halogens is 1. The van der Waals surface area contributed by atoms with E-state index in [2.05, 4.69) is 33.9 Å². The van der Waals surface area contributed by atoms with Crippen LogP contribution in [0.2, 0.25) is 0 Å². The number of thiophene rings is 1. The van der Waals surface area contributed by atoms with Crippen molar-refractivity contribution < 1.29 is 4.39 Å². The van der Waals surface area contributed by atoms with E-state index in [0.29, 0.717) is 12.2 Å².